The van der Waals surface area contributed by atoms with Crippen LogP contribution in [0.1, 0.15) is 17.5 Å². The van der Waals surface area contributed by atoms with E-state index >= 15 is 0 Å². The molecule has 3 nitrogen and oxygen atoms in total. The van der Waals surface area contributed by atoms with Crippen LogP contribution in [0.5, 0.6) is 0 Å². The van der Waals surface area contributed by atoms with Gasteiger partial charge in [0.15, 0.2) is 5.60 Å². The molecule has 0 bridgehead atoms. The molecule has 0 aliphatic heterocycles. The monoisotopic (exact) mass is 192 g/mol. The molecule has 2 N–H and O–H groups in total. The van der Waals surface area contributed by atoms with Crippen molar-refractivity contribution in [3.8, 4) is 0 Å². The minimum Gasteiger partial charge on any atom is -0.479 e. The van der Waals surface area contributed by atoms with Gasteiger partial charge in [-0.3, -0.25) is 0 Å². The van der Waals surface area contributed by atoms with Crippen LogP contribution in [0.4, 0.5) is 0 Å². The van der Waals surface area contributed by atoms with Gasteiger partial charge < -0.3 is 10.2 Å². The van der Waals surface area contributed by atoms with Crippen LogP contribution in [-0.2, 0) is 17.6 Å². The second-order valence-electron chi connectivity index (χ2n) is 3.78. The van der Waals surface area contributed by atoms with Gasteiger partial charge in [-0.1, -0.05) is 24.3 Å². The molecule has 0 fully saturated rings. The second kappa shape index (κ2) is 3.10. The highest BCUT2D eigenvalue weighted by atomic mass is 16.4. The lowest BCUT2D eigenvalue weighted by molar-refractivity contribution is -0.159. The van der Waals surface area contributed by atoms with E-state index < -0.39 is 11.6 Å². The fourth-order valence-electron chi connectivity index (χ4n) is 1.90. The van der Waals surface area contributed by atoms with Crippen molar-refractivity contribution < 1.29 is 15.0 Å². The van der Waals surface area contributed by atoms with Crippen molar-refractivity contribution >= 4 is 5.97 Å². The summed E-state index contributed by atoms with van der Waals surface area (Å²) in [5.74, 6) is -1.12. The molecule has 1 aromatic rings. The molecule has 1 aromatic carbocycles. The van der Waals surface area contributed by atoms with E-state index in [4.69, 9.17) is 5.11 Å². The van der Waals surface area contributed by atoms with Crippen LogP contribution in [0.2, 0.25) is 0 Å². The van der Waals surface area contributed by atoms with Crippen LogP contribution in [0.25, 0.3) is 0 Å². The Morgan fingerprint density at radius 2 is 1.93 bits per heavy atom. The van der Waals surface area contributed by atoms with Crippen LogP contribution in [-0.4, -0.2) is 21.8 Å². The lowest BCUT2D eigenvalue weighted by atomic mass is 9.80. The lowest BCUT2D eigenvalue weighted by Crippen LogP contribution is -2.43. The Labute approximate surface area is 82.0 Å². The van der Waals surface area contributed by atoms with Crippen molar-refractivity contribution in [2.24, 2.45) is 0 Å². The Hall–Kier alpha value is -1.35. The summed E-state index contributed by atoms with van der Waals surface area (Å²) in [5, 5.41) is 18.7. The van der Waals surface area contributed by atoms with Crippen LogP contribution < -0.4 is 0 Å². The molecule has 0 unspecified atom stereocenters. The Kier molecular flexibility index (Phi) is 2.04. The first-order valence-electron chi connectivity index (χ1n) is 4.64. The number of hydrogen-bond donors (Lipinski definition) is 2. The third-order valence-corrected chi connectivity index (χ3v) is 2.81. The van der Waals surface area contributed by atoms with Gasteiger partial charge in [0, 0.05) is 6.42 Å². The number of carbonyl (C=O) groups is 1. The van der Waals surface area contributed by atoms with E-state index in [2.05, 4.69) is 0 Å². The SMILES string of the molecule is O=C(O)[C@]1(O)CCc2ccccc2C1. The highest BCUT2D eigenvalue weighted by molar-refractivity contribution is 5.78. The summed E-state index contributed by atoms with van der Waals surface area (Å²) in [4.78, 5) is 10.8. The van der Waals surface area contributed by atoms with Crippen molar-refractivity contribution in [2.45, 2.75) is 24.9 Å². The van der Waals surface area contributed by atoms with Gasteiger partial charge >= 0.3 is 5.97 Å². The number of aliphatic hydroxyl groups is 1. The Morgan fingerprint density at radius 1 is 1.29 bits per heavy atom. The molecule has 0 amide bonds. The Bertz CT molecular complexity index is 373. The maximum Gasteiger partial charge on any atom is 0.336 e. The fraction of sp³-hybridized carbons (Fsp3) is 0.364. The van der Waals surface area contributed by atoms with Crippen molar-refractivity contribution in [2.75, 3.05) is 0 Å². The summed E-state index contributed by atoms with van der Waals surface area (Å²) in [6.07, 6.45) is 1.16. The number of rotatable bonds is 1. The molecule has 0 heterocycles. The van der Waals surface area contributed by atoms with Gasteiger partial charge in [0.05, 0.1) is 0 Å². The van der Waals surface area contributed by atoms with Gasteiger partial charge in [0.2, 0.25) is 0 Å². The average Bonchev–Trinajstić information content (AvgIpc) is 2.17. The van der Waals surface area contributed by atoms with Crippen molar-refractivity contribution in [1.82, 2.24) is 0 Å². The molecule has 0 aromatic heterocycles. The quantitative estimate of drug-likeness (QED) is 0.697. The molecular weight excluding hydrogens is 180 g/mol. The van der Waals surface area contributed by atoms with Gasteiger partial charge in [-0.25, -0.2) is 4.79 Å². The van der Waals surface area contributed by atoms with E-state index in [1.165, 1.54) is 0 Å². The topological polar surface area (TPSA) is 57.5 Å². The zero-order chi connectivity index (χ0) is 10.2. The zero-order valence-corrected chi connectivity index (χ0v) is 7.73. The molecule has 0 saturated carbocycles. The molecule has 0 radical (unpaired) electrons. The summed E-state index contributed by atoms with van der Waals surface area (Å²) < 4.78 is 0. The van der Waals surface area contributed by atoms with E-state index in [1.807, 2.05) is 24.3 Å². The third-order valence-electron chi connectivity index (χ3n) is 2.81. The van der Waals surface area contributed by atoms with Crippen LogP contribution >= 0.6 is 0 Å². The first-order valence-corrected chi connectivity index (χ1v) is 4.64. The van der Waals surface area contributed by atoms with E-state index in [0.29, 0.717) is 12.8 Å². The molecule has 0 spiro atoms. The standard InChI is InChI=1S/C11H12O3/c12-10(13)11(14)6-5-8-3-1-2-4-9(8)7-11/h1-4,14H,5-7H2,(H,12,13)/t11-/m0/s1. The van der Waals surface area contributed by atoms with Gasteiger partial charge in [-0.2, -0.15) is 0 Å². The van der Waals surface area contributed by atoms with Gasteiger partial charge in [-0.15, -0.1) is 0 Å². The molecule has 2 rings (SSSR count). The summed E-state index contributed by atoms with van der Waals surface area (Å²) >= 11 is 0. The lowest BCUT2D eigenvalue weighted by Gasteiger charge is -2.29. The molecular formula is C11H12O3. The molecule has 0 saturated heterocycles. The van der Waals surface area contributed by atoms with Gasteiger partial charge in [0.1, 0.15) is 0 Å². The first-order chi connectivity index (χ1) is 6.62. The van der Waals surface area contributed by atoms with Crippen LogP contribution in [0.15, 0.2) is 24.3 Å². The van der Waals surface area contributed by atoms with E-state index in [0.717, 1.165) is 11.1 Å². The number of aliphatic carboxylic acids is 1. The number of carboxylic acids is 1. The van der Waals surface area contributed by atoms with Crippen molar-refractivity contribution in [3.63, 3.8) is 0 Å². The maximum absolute atomic E-state index is 10.8. The minimum absolute atomic E-state index is 0.221. The van der Waals surface area contributed by atoms with E-state index in [1.54, 1.807) is 0 Å². The smallest absolute Gasteiger partial charge is 0.336 e. The van der Waals surface area contributed by atoms with Crippen molar-refractivity contribution in [1.29, 1.82) is 0 Å². The summed E-state index contributed by atoms with van der Waals surface area (Å²) in [6.45, 7) is 0. The highest BCUT2D eigenvalue weighted by Gasteiger charge is 2.38. The predicted molar refractivity (Wildman–Crippen MR) is 51.1 cm³/mol. The second-order valence-corrected chi connectivity index (χ2v) is 3.78. The largest absolute Gasteiger partial charge is 0.479 e. The molecule has 3 heteroatoms. The number of benzene rings is 1. The Morgan fingerprint density at radius 3 is 2.57 bits per heavy atom. The normalized spacial score (nSPS) is 25.5. The number of hydrogen-bond acceptors (Lipinski definition) is 2. The van der Waals surface area contributed by atoms with Gasteiger partial charge in [0.25, 0.3) is 0 Å². The zero-order valence-electron chi connectivity index (χ0n) is 7.73. The summed E-state index contributed by atoms with van der Waals surface area (Å²) in [6, 6.07) is 7.66. The summed E-state index contributed by atoms with van der Waals surface area (Å²) in [5.41, 5.74) is 0.538. The molecule has 74 valence electrons. The highest BCUT2D eigenvalue weighted by Crippen LogP contribution is 2.28. The molecule has 1 aliphatic carbocycles. The first kappa shape index (κ1) is 9.21. The van der Waals surface area contributed by atoms with E-state index in [9.17, 15) is 9.90 Å². The van der Waals surface area contributed by atoms with Crippen LogP contribution in [0.3, 0.4) is 0 Å². The molecule has 14 heavy (non-hydrogen) atoms. The predicted octanol–water partition coefficient (Wildman–Crippen LogP) is 0.991. The van der Waals surface area contributed by atoms with Crippen LogP contribution in [0, 0.1) is 0 Å². The van der Waals surface area contributed by atoms with Crippen molar-refractivity contribution in [3.05, 3.63) is 35.4 Å². The molecule has 1 aliphatic rings. The third kappa shape index (κ3) is 1.40. The summed E-state index contributed by atoms with van der Waals surface area (Å²) in [7, 11) is 0. The van der Waals surface area contributed by atoms with E-state index in [-0.39, 0.29) is 6.42 Å². The maximum atomic E-state index is 10.8. The average molecular weight is 192 g/mol. The van der Waals surface area contributed by atoms with Gasteiger partial charge in [-0.05, 0) is 24.0 Å². The Balaban J connectivity index is 2.34. The molecule has 1 atom stereocenters. The minimum atomic E-state index is -1.56. The number of fused-ring (bicyclic) bond motifs is 1. The number of carboxylic acid groups (broad SMARTS) is 1. The fourth-order valence-corrected chi connectivity index (χ4v) is 1.90. The number of aryl methyl sites for hydroxylation is 1.